The van der Waals surface area contributed by atoms with Gasteiger partial charge in [0, 0.05) is 29.6 Å². The molecular weight excluding hydrogens is 773 g/mol. The number of carbonyl (C=O) groups excluding carboxylic acids is 3. The topological polar surface area (TPSA) is 178 Å². The first-order chi connectivity index (χ1) is 29.6. The van der Waals surface area contributed by atoms with Crippen molar-refractivity contribution in [3.05, 3.63) is 119 Å². The van der Waals surface area contributed by atoms with E-state index in [0.29, 0.717) is 24.5 Å². The lowest BCUT2D eigenvalue weighted by Gasteiger charge is -2.35. The zero-order valence-electron chi connectivity index (χ0n) is 34.6. The average molecular weight is 823 g/mol. The van der Waals surface area contributed by atoms with Gasteiger partial charge >= 0.3 is 12.2 Å². The second-order valence-corrected chi connectivity index (χ2v) is 15.9. The van der Waals surface area contributed by atoms with Crippen molar-refractivity contribution >= 4 is 39.9 Å². The summed E-state index contributed by atoms with van der Waals surface area (Å²) in [5.41, 5.74) is 5.96. The van der Waals surface area contributed by atoms with E-state index in [1.54, 1.807) is 11.1 Å². The van der Waals surface area contributed by atoms with Crippen LogP contribution in [0.25, 0.3) is 33.1 Å². The molecule has 2 fully saturated rings. The molecule has 2 saturated heterocycles. The van der Waals surface area contributed by atoms with Gasteiger partial charge in [0.05, 0.1) is 55.3 Å². The van der Waals surface area contributed by atoms with Crippen LogP contribution in [-0.4, -0.2) is 92.5 Å². The van der Waals surface area contributed by atoms with Crippen LogP contribution in [0.1, 0.15) is 86.0 Å². The van der Waals surface area contributed by atoms with Crippen molar-refractivity contribution in [2.75, 3.05) is 27.3 Å². The quantitative estimate of drug-likeness (QED) is 0.0902. The van der Waals surface area contributed by atoms with Gasteiger partial charge in [0.1, 0.15) is 23.9 Å². The highest BCUT2D eigenvalue weighted by molar-refractivity contribution is 6.04. The third-order valence-electron chi connectivity index (χ3n) is 11.8. The summed E-state index contributed by atoms with van der Waals surface area (Å²) in [6, 6.07) is 25.6. The number of carbonyl (C=O) groups is 3. The Morgan fingerprint density at radius 1 is 0.820 bits per heavy atom. The summed E-state index contributed by atoms with van der Waals surface area (Å²) in [6.07, 6.45) is 2.93. The van der Waals surface area contributed by atoms with Crippen LogP contribution in [0.15, 0.2) is 91.1 Å². The van der Waals surface area contributed by atoms with Gasteiger partial charge in [-0.1, -0.05) is 80.3 Å². The molecule has 2 aliphatic heterocycles. The number of benzene rings is 4. The standard InChI is InChI=1S/C47H50N8O6/c1-28(2)39(52-46(58)60-3)44(56)55-25-9-13-38(55)43-49-35-23-21-33-26-30(18-22-34(33)41(35)51-43)15-14-29-16-19-31(20-17-29)36-27-48-42(50-36)37-12-8-24-54(37)45(57)40(53-47(59)61-4)32-10-6-5-7-11-32/h5-7,10-11,16-23,26-28,37-40,44,56H,8-9,12-13,24-25H2,1-4H3,(H,48,50)(H,49,51)(H,52,58)(H,53,59). The Morgan fingerprint density at radius 3 is 2.28 bits per heavy atom. The maximum absolute atomic E-state index is 13.9. The number of aliphatic hydroxyl groups is 1. The number of hydrogen-bond donors (Lipinski definition) is 5. The Bertz CT molecular complexity index is 2590. The number of imidazole rings is 2. The zero-order chi connectivity index (χ0) is 42.6. The Kier molecular flexibility index (Phi) is 12.0. The number of alkyl carbamates (subject to hydrolysis) is 2. The van der Waals surface area contributed by atoms with Gasteiger partial charge in [0.15, 0.2) is 0 Å². The van der Waals surface area contributed by atoms with Gasteiger partial charge < -0.3 is 40.1 Å². The van der Waals surface area contributed by atoms with E-state index >= 15 is 0 Å². The second-order valence-electron chi connectivity index (χ2n) is 15.9. The molecule has 14 nitrogen and oxygen atoms in total. The summed E-state index contributed by atoms with van der Waals surface area (Å²) in [5.74, 6) is 7.86. The summed E-state index contributed by atoms with van der Waals surface area (Å²) in [5, 5.41) is 19.0. The average Bonchev–Trinajstić information content (AvgIpc) is 4.13. The van der Waals surface area contributed by atoms with E-state index in [2.05, 4.69) is 55.6 Å². The van der Waals surface area contributed by atoms with Crippen LogP contribution in [0.3, 0.4) is 0 Å². The molecule has 3 amide bonds. The molecule has 14 heteroatoms. The highest BCUT2D eigenvalue weighted by Gasteiger charge is 2.39. The summed E-state index contributed by atoms with van der Waals surface area (Å²) >= 11 is 0. The zero-order valence-corrected chi connectivity index (χ0v) is 34.6. The van der Waals surface area contributed by atoms with Crippen molar-refractivity contribution in [3.8, 4) is 23.1 Å². The number of aliphatic hydroxyl groups excluding tert-OH is 1. The minimum absolute atomic E-state index is 0.0162. The third kappa shape index (κ3) is 8.66. The number of likely N-dealkylation sites (tertiary alicyclic amines) is 2. The number of hydrogen-bond acceptors (Lipinski definition) is 9. The predicted molar refractivity (Wildman–Crippen MR) is 231 cm³/mol. The number of aromatic amines is 2. The Balaban J connectivity index is 0.949. The predicted octanol–water partition coefficient (Wildman–Crippen LogP) is 7.10. The first kappa shape index (κ1) is 41.1. The Hall–Kier alpha value is -6.69. The summed E-state index contributed by atoms with van der Waals surface area (Å²) in [7, 11) is 2.60. The molecule has 4 heterocycles. The maximum atomic E-state index is 13.9. The lowest BCUT2D eigenvalue weighted by molar-refractivity contribution is -0.134. The molecule has 0 saturated carbocycles. The Labute approximate surface area is 354 Å². The van der Waals surface area contributed by atoms with Gasteiger partial charge in [0.25, 0.3) is 5.91 Å². The van der Waals surface area contributed by atoms with E-state index in [9.17, 15) is 19.5 Å². The molecule has 5 unspecified atom stereocenters. The third-order valence-corrected chi connectivity index (χ3v) is 11.8. The van der Waals surface area contributed by atoms with Crippen molar-refractivity contribution in [1.29, 1.82) is 0 Å². The van der Waals surface area contributed by atoms with E-state index in [1.807, 2.05) is 85.5 Å². The van der Waals surface area contributed by atoms with Crippen molar-refractivity contribution in [2.24, 2.45) is 5.92 Å². The molecule has 314 valence electrons. The molecule has 6 aromatic rings. The maximum Gasteiger partial charge on any atom is 0.407 e. The van der Waals surface area contributed by atoms with E-state index < -0.39 is 30.5 Å². The number of fused-ring (bicyclic) bond motifs is 3. The number of nitrogens with zero attached hydrogens (tertiary/aromatic N) is 4. The monoisotopic (exact) mass is 822 g/mol. The fourth-order valence-electron chi connectivity index (χ4n) is 8.56. The lowest BCUT2D eigenvalue weighted by atomic mass is 10.0. The second kappa shape index (κ2) is 17.9. The van der Waals surface area contributed by atoms with E-state index in [0.717, 1.165) is 75.7 Å². The largest absolute Gasteiger partial charge is 0.453 e. The van der Waals surface area contributed by atoms with Crippen LogP contribution in [0.5, 0.6) is 0 Å². The minimum atomic E-state index is -0.905. The van der Waals surface area contributed by atoms with Crippen molar-refractivity contribution < 1.29 is 29.0 Å². The van der Waals surface area contributed by atoms with E-state index in [4.69, 9.17) is 14.5 Å². The first-order valence-electron chi connectivity index (χ1n) is 20.7. The van der Waals surface area contributed by atoms with Gasteiger partial charge in [-0.05, 0) is 78.4 Å². The molecule has 4 aromatic carbocycles. The first-order valence-corrected chi connectivity index (χ1v) is 20.7. The van der Waals surface area contributed by atoms with Crippen LogP contribution < -0.4 is 10.6 Å². The number of methoxy groups -OCH3 is 2. The van der Waals surface area contributed by atoms with Gasteiger partial charge in [-0.15, -0.1) is 0 Å². The Morgan fingerprint density at radius 2 is 1.52 bits per heavy atom. The normalized spacial score (nSPS) is 18.1. The van der Waals surface area contributed by atoms with E-state index in [-0.39, 0.29) is 23.9 Å². The molecule has 61 heavy (non-hydrogen) atoms. The molecular formula is C47H50N8O6. The van der Waals surface area contributed by atoms with Crippen LogP contribution >= 0.6 is 0 Å². The SMILES string of the molecule is COC(=O)NC(C(=O)N1CCCC1c1ncc(-c2ccc(C#Cc3ccc4c(ccc5[nH]c(C6CCCN6C(O)C(NC(=O)OC)C(C)C)nc54)c3)cc2)[nH]1)c1ccccc1. The smallest absolute Gasteiger partial charge is 0.407 e. The molecule has 5 N–H and O–H groups in total. The number of rotatable bonds is 10. The van der Waals surface area contributed by atoms with Gasteiger partial charge in [-0.25, -0.2) is 19.6 Å². The molecule has 0 radical (unpaired) electrons. The fourth-order valence-corrected chi connectivity index (χ4v) is 8.56. The van der Waals surface area contributed by atoms with Crippen LogP contribution in [0.2, 0.25) is 0 Å². The van der Waals surface area contributed by atoms with E-state index in [1.165, 1.54) is 14.2 Å². The minimum Gasteiger partial charge on any atom is -0.453 e. The highest BCUT2D eigenvalue weighted by Crippen LogP contribution is 2.36. The van der Waals surface area contributed by atoms with Crippen LogP contribution in [-0.2, 0) is 14.3 Å². The van der Waals surface area contributed by atoms with Crippen LogP contribution in [0, 0.1) is 17.8 Å². The number of ether oxygens (including phenoxy) is 2. The molecule has 0 spiro atoms. The number of aromatic nitrogens is 4. The molecule has 0 bridgehead atoms. The van der Waals surface area contributed by atoms with Gasteiger partial charge in [-0.3, -0.25) is 9.69 Å². The van der Waals surface area contributed by atoms with Gasteiger partial charge in [-0.2, -0.15) is 0 Å². The summed E-state index contributed by atoms with van der Waals surface area (Å²) in [6.45, 7) is 5.16. The van der Waals surface area contributed by atoms with Crippen molar-refractivity contribution in [1.82, 2.24) is 40.4 Å². The molecule has 2 aromatic heterocycles. The van der Waals surface area contributed by atoms with Crippen molar-refractivity contribution in [3.63, 3.8) is 0 Å². The molecule has 2 aliphatic rings. The summed E-state index contributed by atoms with van der Waals surface area (Å²) < 4.78 is 9.64. The van der Waals surface area contributed by atoms with Crippen molar-refractivity contribution in [2.45, 2.75) is 69.9 Å². The fraction of sp³-hybridized carbons (Fsp3) is 0.340. The lowest BCUT2D eigenvalue weighted by Crippen LogP contribution is -2.54. The van der Waals surface area contributed by atoms with Crippen LogP contribution in [0.4, 0.5) is 9.59 Å². The molecule has 0 aliphatic carbocycles. The number of H-pyrrole nitrogens is 2. The van der Waals surface area contributed by atoms with Gasteiger partial charge in [0.2, 0.25) is 0 Å². The number of amides is 3. The summed E-state index contributed by atoms with van der Waals surface area (Å²) in [4.78, 5) is 58.6. The molecule has 8 rings (SSSR count). The number of nitrogens with one attached hydrogen (secondary N) is 4. The highest BCUT2D eigenvalue weighted by atomic mass is 16.5. The molecule has 5 atom stereocenters.